The number of furan rings is 1. The molecule has 5 nitrogen and oxygen atoms in total. The second kappa shape index (κ2) is 6.02. The number of aromatic hydroxyl groups is 1. The van der Waals surface area contributed by atoms with Crippen molar-refractivity contribution >= 4 is 11.6 Å². The van der Waals surface area contributed by atoms with Crippen LogP contribution in [-0.4, -0.2) is 23.0 Å². The van der Waals surface area contributed by atoms with Crippen molar-refractivity contribution in [3.05, 3.63) is 83.8 Å². The predicted molar refractivity (Wildman–Crippen MR) is 94.3 cm³/mol. The van der Waals surface area contributed by atoms with Crippen LogP contribution in [0.5, 0.6) is 5.75 Å². The van der Waals surface area contributed by atoms with Gasteiger partial charge in [0.1, 0.15) is 17.7 Å². The molecular formula is C20H18N2O3. The highest BCUT2D eigenvalue weighted by Gasteiger charge is 2.37. The third kappa shape index (κ3) is 2.63. The van der Waals surface area contributed by atoms with Gasteiger partial charge in [0.2, 0.25) is 0 Å². The van der Waals surface area contributed by atoms with Crippen LogP contribution in [0.1, 0.15) is 27.8 Å². The van der Waals surface area contributed by atoms with Gasteiger partial charge >= 0.3 is 0 Å². The number of phenols is 1. The lowest BCUT2D eigenvalue weighted by Gasteiger charge is -2.43. The van der Waals surface area contributed by atoms with Crippen LogP contribution in [0.3, 0.4) is 0 Å². The molecule has 0 radical (unpaired) electrons. The second-order valence-electron chi connectivity index (χ2n) is 6.11. The smallest absolute Gasteiger partial charge is 0.258 e. The minimum Gasteiger partial charge on any atom is -0.508 e. The van der Waals surface area contributed by atoms with Crippen LogP contribution >= 0.6 is 0 Å². The molecule has 2 aromatic carbocycles. The van der Waals surface area contributed by atoms with Crippen molar-refractivity contribution in [2.75, 3.05) is 11.9 Å². The third-order valence-electron chi connectivity index (χ3n) is 4.51. The Kier molecular flexibility index (Phi) is 3.69. The standard InChI is InChI=1S/C20H18N2O3/c1-21-18-10-3-2-9-17(18)20(24)22(13-16-8-5-11-25-16)19(21)14-6-4-7-15(23)12-14/h2-12,19,23H,13H2,1H3/t19-/m0/s1. The fourth-order valence-corrected chi connectivity index (χ4v) is 3.39. The Labute approximate surface area is 145 Å². The van der Waals surface area contributed by atoms with E-state index in [-0.39, 0.29) is 17.8 Å². The molecule has 0 unspecified atom stereocenters. The topological polar surface area (TPSA) is 56.9 Å². The molecule has 0 aliphatic carbocycles. The van der Waals surface area contributed by atoms with E-state index in [1.165, 1.54) is 0 Å². The van der Waals surface area contributed by atoms with Crippen LogP contribution in [0.4, 0.5) is 5.69 Å². The van der Waals surface area contributed by atoms with Gasteiger partial charge in [-0.25, -0.2) is 0 Å². The van der Waals surface area contributed by atoms with Crippen LogP contribution in [0.25, 0.3) is 0 Å². The van der Waals surface area contributed by atoms with Crippen molar-refractivity contribution in [1.29, 1.82) is 0 Å². The lowest BCUT2D eigenvalue weighted by molar-refractivity contribution is 0.0619. The summed E-state index contributed by atoms with van der Waals surface area (Å²) in [6.45, 7) is 0.352. The van der Waals surface area contributed by atoms with E-state index in [9.17, 15) is 9.90 Å². The Morgan fingerprint density at radius 3 is 2.68 bits per heavy atom. The van der Waals surface area contributed by atoms with Gasteiger partial charge in [-0.05, 0) is 42.0 Å². The lowest BCUT2D eigenvalue weighted by atomic mass is 10.0. The normalized spacial score (nSPS) is 16.8. The SMILES string of the molecule is CN1c2ccccc2C(=O)N(Cc2ccco2)[C@H]1c1cccc(O)c1. The molecule has 3 aromatic rings. The van der Waals surface area contributed by atoms with Crippen molar-refractivity contribution in [1.82, 2.24) is 4.90 Å². The predicted octanol–water partition coefficient (Wildman–Crippen LogP) is 3.78. The van der Waals surface area contributed by atoms with Crippen LogP contribution in [0.15, 0.2) is 71.3 Å². The first-order valence-corrected chi connectivity index (χ1v) is 8.09. The minimum absolute atomic E-state index is 0.0570. The second-order valence-corrected chi connectivity index (χ2v) is 6.11. The first kappa shape index (κ1) is 15.3. The number of carbonyl (C=O) groups is 1. The Balaban J connectivity index is 1.83. The maximum atomic E-state index is 13.2. The van der Waals surface area contributed by atoms with E-state index in [2.05, 4.69) is 4.90 Å². The van der Waals surface area contributed by atoms with E-state index >= 15 is 0 Å². The van der Waals surface area contributed by atoms with E-state index in [0.717, 1.165) is 11.3 Å². The van der Waals surface area contributed by atoms with E-state index in [1.807, 2.05) is 49.5 Å². The number of hydrogen-bond donors (Lipinski definition) is 1. The van der Waals surface area contributed by atoms with Crippen molar-refractivity contribution in [2.45, 2.75) is 12.7 Å². The molecule has 126 valence electrons. The minimum atomic E-state index is -0.334. The molecule has 5 heteroatoms. The van der Waals surface area contributed by atoms with Gasteiger partial charge in [0, 0.05) is 7.05 Å². The molecule has 0 saturated carbocycles. The molecule has 1 aromatic heterocycles. The number of nitrogens with zero attached hydrogens (tertiary/aromatic N) is 2. The summed E-state index contributed by atoms with van der Waals surface area (Å²) >= 11 is 0. The van der Waals surface area contributed by atoms with Crippen LogP contribution in [0, 0.1) is 0 Å². The van der Waals surface area contributed by atoms with Gasteiger partial charge < -0.3 is 19.3 Å². The molecule has 2 heterocycles. The molecule has 1 atom stereocenters. The number of fused-ring (bicyclic) bond motifs is 1. The average Bonchev–Trinajstić information content (AvgIpc) is 3.13. The monoisotopic (exact) mass is 334 g/mol. The summed E-state index contributed by atoms with van der Waals surface area (Å²) in [5.41, 5.74) is 2.38. The summed E-state index contributed by atoms with van der Waals surface area (Å²) in [7, 11) is 1.95. The van der Waals surface area contributed by atoms with Crippen molar-refractivity contribution < 1.29 is 14.3 Å². The Morgan fingerprint density at radius 1 is 1.08 bits per heavy atom. The summed E-state index contributed by atoms with van der Waals surface area (Å²) in [4.78, 5) is 17.0. The zero-order valence-corrected chi connectivity index (χ0v) is 13.8. The molecule has 1 amide bonds. The first-order chi connectivity index (χ1) is 12.1. The molecular weight excluding hydrogens is 316 g/mol. The number of hydrogen-bond acceptors (Lipinski definition) is 4. The summed E-state index contributed by atoms with van der Waals surface area (Å²) in [6.07, 6.45) is 1.27. The number of amides is 1. The fourth-order valence-electron chi connectivity index (χ4n) is 3.39. The van der Waals surface area contributed by atoms with Crippen molar-refractivity contribution in [3.63, 3.8) is 0 Å². The van der Waals surface area contributed by atoms with Gasteiger partial charge in [0.25, 0.3) is 5.91 Å². The van der Waals surface area contributed by atoms with E-state index < -0.39 is 0 Å². The number of anilines is 1. The molecule has 0 bridgehead atoms. The number of phenolic OH excluding ortho intramolecular Hbond substituents is 1. The number of carbonyl (C=O) groups excluding carboxylic acids is 1. The van der Waals surface area contributed by atoms with Gasteiger partial charge in [-0.3, -0.25) is 4.79 Å². The van der Waals surface area contributed by atoms with Crippen molar-refractivity contribution in [2.24, 2.45) is 0 Å². The zero-order valence-electron chi connectivity index (χ0n) is 13.8. The van der Waals surface area contributed by atoms with Gasteiger partial charge in [0.15, 0.2) is 0 Å². The van der Waals surface area contributed by atoms with E-state index in [4.69, 9.17) is 4.42 Å². The number of rotatable bonds is 3. The molecule has 4 rings (SSSR count). The molecule has 1 aliphatic heterocycles. The Bertz CT molecular complexity index is 905. The molecule has 0 spiro atoms. The molecule has 25 heavy (non-hydrogen) atoms. The number of benzene rings is 2. The van der Waals surface area contributed by atoms with Crippen molar-refractivity contribution in [3.8, 4) is 5.75 Å². The molecule has 0 saturated heterocycles. The van der Waals surface area contributed by atoms with E-state index in [1.54, 1.807) is 29.4 Å². The summed E-state index contributed by atoms with van der Waals surface area (Å²) < 4.78 is 5.45. The van der Waals surface area contributed by atoms with Gasteiger partial charge in [-0.1, -0.05) is 24.3 Å². The Morgan fingerprint density at radius 2 is 1.92 bits per heavy atom. The lowest BCUT2D eigenvalue weighted by Crippen LogP contribution is -2.47. The quantitative estimate of drug-likeness (QED) is 0.792. The summed E-state index contributed by atoms with van der Waals surface area (Å²) in [5.74, 6) is 0.833. The highest BCUT2D eigenvalue weighted by atomic mass is 16.3. The molecule has 1 N–H and O–H groups in total. The fraction of sp³-hybridized carbons (Fsp3) is 0.150. The first-order valence-electron chi connectivity index (χ1n) is 8.09. The van der Waals surface area contributed by atoms with E-state index in [0.29, 0.717) is 17.9 Å². The summed E-state index contributed by atoms with van der Waals surface area (Å²) in [5, 5.41) is 9.89. The average molecular weight is 334 g/mol. The van der Waals surface area contributed by atoms with Crippen LogP contribution in [0.2, 0.25) is 0 Å². The van der Waals surface area contributed by atoms with Crippen LogP contribution in [-0.2, 0) is 6.54 Å². The maximum Gasteiger partial charge on any atom is 0.258 e. The zero-order chi connectivity index (χ0) is 17.4. The molecule has 1 aliphatic rings. The highest BCUT2D eigenvalue weighted by molar-refractivity contribution is 6.02. The number of para-hydroxylation sites is 1. The maximum absolute atomic E-state index is 13.2. The summed E-state index contributed by atoms with van der Waals surface area (Å²) in [6, 6.07) is 18.2. The highest BCUT2D eigenvalue weighted by Crippen LogP contribution is 2.39. The molecule has 0 fully saturated rings. The van der Waals surface area contributed by atoms with Crippen LogP contribution < -0.4 is 4.90 Å². The Hall–Kier alpha value is -3.21. The van der Waals surface area contributed by atoms with Gasteiger partial charge in [-0.2, -0.15) is 0 Å². The largest absolute Gasteiger partial charge is 0.508 e. The van der Waals surface area contributed by atoms with Gasteiger partial charge in [0.05, 0.1) is 24.1 Å². The third-order valence-corrected chi connectivity index (χ3v) is 4.51. The van der Waals surface area contributed by atoms with Gasteiger partial charge in [-0.15, -0.1) is 0 Å².